The van der Waals surface area contributed by atoms with Crippen molar-refractivity contribution >= 4 is 20.2 Å². The van der Waals surface area contributed by atoms with E-state index in [9.17, 15) is 8.42 Å². The molecule has 3 atom stereocenters. The molecule has 0 saturated carbocycles. The first kappa shape index (κ1) is 13.7. The molecule has 3 unspecified atom stereocenters. The van der Waals surface area contributed by atoms with E-state index in [4.69, 9.17) is 14.8 Å². The summed E-state index contributed by atoms with van der Waals surface area (Å²) in [6, 6.07) is 0.384. The zero-order valence-corrected chi connectivity index (χ0v) is 8.02. The molecule has 0 aliphatic heterocycles. The van der Waals surface area contributed by atoms with Crippen LogP contribution in [0, 0.1) is 0 Å². The van der Waals surface area contributed by atoms with Gasteiger partial charge in [0.1, 0.15) is 0 Å². The van der Waals surface area contributed by atoms with Gasteiger partial charge >= 0.3 is 0 Å². The van der Waals surface area contributed by atoms with Crippen molar-refractivity contribution < 1.29 is 17.5 Å². The third kappa shape index (κ3) is 17.8. The highest BCUT2D eigenvalue weighted by Gasteiger charge is 1.95. The molecular weight excluding hydrogens is 190 g/mol. The third-order valence-electron chi connectivity index (χ3n) is 0.766. The molecule has 0 bridgehead atoms. The van der Waals surface area contributed by atoms with E-state index in [2.05, 4.69) is 6.92 Å². The fourth-order valence-corrected chi connectivity index (χ4v) is 0. The summed E-state index contributed by atoms with van der Waals surface area (Å²) in [6.07, 6.45) is 1.08. The quantitative estimate of drug-likeness (QED) is 0.436. The van der Waals surface area contributed by atoms with Gasteiger partial charge in [-0.2, -0.15) is 0 Å². The first-order valence-corrected chi connectivity index (χ1v) is 5.62. The van der Waals surface area contributed by atoms with Crippen LogP contribution in [0.2, 0.25) is 0 Å². The molecule has 0 aliphatic carbocycles. The fraction of sp³-hybridized carbons (Fsp3) is 1.00. The highest BCUT2D eigenvalue weighted by atomic mass is 33.2. The highest BCUT2D eigenvalue weighted by Crippen LogP contribution is 1.77. The SMILES string of the molecule is CCC(C)N.O=S(O)S(=O)O. The molecule has 0 fully saturated rings. The van der Waals surface area contributed by atoms with Gasteiger partial charge in [-0.25, -0.2) is 8.42 Å². The van der Waals surface area contributed by atoms with E-state index in [1.165, 1.54) is 0 Å². The molecule has 0 saturated heterocycles. The van der Waals surface area contributed by atoms with Gasteiger partial charge in [-0.1, -0.05) is 6.92 Å². The van der Waals surface area contributed by atoms with Crippen molar-refractivity contribution in [3.8, 4) is 0 Å². The Hall–Kier alpha value is 0.180. The Balaban J connectivity index is 0. The second-order valence-corrected chi connectivity index (χ2v) is 4.40. The summed E-state index contributed by atoms with van der Waals surface area (Å²) in [7, 11) is -5.18. The predicted octanol–water partition coefficient (Wildman–Crippen LogP) is 0.0884. The van der Waals surface area contributed by atoms with Gasteiger partial charge in [-0.15, -0.1) is 0 Å². The van der Waals surface area contributed by atoms with Crippen LogP contribution in [0.3, 0.4) is 0 Å². The van der Waals surface area contributed by atoms with Crippen molar-refractivity contribution in [1.82, 2.24) is 0 Å². The lowest BCUT2D eigenvalue weighted by Crippen LogP contribution is -2.11. The minimum Gasteiger partial charge on any atom is -0.328 e. The van der Waals surface area contributed by atoms with Crippen LogP contribution >= 0.6 is 0 Å². The van der Waals surface area contributed by atoms with Crippen LogP contribution < -0.4 is 5.73 Å². The van der Waals surface area contributed by atoms with Gasteiger partial charge in [-0.3, -0.25) is 9.11 Å². The fourth-order valence-electron chi connectivity index (χ4n) is 0. The molecule has 0 aromatic rings. The van der Waals surface area contributed by atoms with E-state index in [0.717, 1.165) is 6.42 Å². The van der Waals surface area contributed by atoms with E-state index < -0.39 is 20.2 Å². The second kappa shape index (κ2) is 8.28. The Morgan fingerprint density at radius 1 is 1.36 bits per heavy atom. The van der Waals surface area contributed by atoms with E-state index >= 15 is 0 Å². The minimum absolute atomic E-state index is 0.384. The van der Waals surface area contributed by atoms with Crippen LogP contribution in [0.4, 0.5) is 0 Å². The van der Waals surface area contributed by atoms with Crippen LogP contribution in [0.5, 0.6) is 0 Å². The first-order valence-electron chi connectivity index (χ1n) is 2.89. The minimum atomic E-state index is -2.59. The van der Waals surface area contributed by atoms with Crippen molar-refractivity contribution in [2.45, 2.75) is 26.3 Å². The summed E-state index contributed by atoms with van der Waals surface area (Å²) in [6.45, 7) is 4.07. The van der Waals surface area contributed by atoms with Crippen molar-refractivity contribution in [2.24, 2.45) is 5.73 Å². The standard InChI is InChI=1S/C4H11N.H2O4S2/c1-3-4(2)5;1-5(2)6(3)4/h4H,3,5H2,1-2H3;(H,1,2)(H,3,4). The highest BCUT2D eigenvalue weighted by molar-refractivity contribution is 8.56. The normalized spacial score (nSPS) is 17.5. The average molecular weight is 203 g/mol. The van der Waals surface area contributed by atoms with Crippen molar-refractivity contribution in [1.29, 1.82) is 0 Å². The molecule has 0 aromatic carbocycles. The monoisotopic (exact) mass is 203 g/mol. The smallest absolute Gasteiger partial charge is 0.274 e. The van der Waals surface area contributed by atoms with Gasteiger partial charge in [0.15, 0.2) is 0 Å². The van der Waals surface area contributed by atoms with E-state index in [-0.39, 0.29) is 0 Å². The maximum atomic E-state index is 9.26. The van der Waals surface area contributed by atoms with E-state index in [1.54, 1.807) is 0 Å². The zero-order chi connectivity index (χ0) is 9.44. The summed E-state index contributed by atoms with van der Waals surface area (Å²) in [4.78, 5) is 0. The molecule has 0 spiro atoms. The molecule has 0 radical (unpaired) electrons. The van der Waals surface area contributed by atoms with Gasteiger partial charge in [0.25, 0.3) is 20.2 Å². The molecule has 5 nitrogen and oxygen atoms in total. The van der Waals surface area contributed by atoms with Crippen LogP contribution in [-0.4, -0.2) is 23.6 Å². The summed E-state index contributed by atoms with van der Waals surface area (Å²) in [5, 5.41) is 0. The molecular formula is C4H13NO4S2. The Morgan fingerprint density at radius 2 is 1.55 bits per heavy atom. The van der Waals surface area contributed by atoms with Crippen LogP contribution in [0.1, 0.15) is 20.3 Å². The van der Waals surface area contributed by atoms with Gasteiger partial charge < -0.3 is 5.73 Å². The first-order chi connectivity index (χ1) is 4.91. The van der Waals surface area contributed by atoms with Crippen molar-refractivity contribution in [3.63, 3.8) is 0 Å². The molecule has 7 heteroatoms. The maximum absolute atomic E-state index is 9.26. The van der Waals surface area contributed by atoms with Gasteiger partial charge in [0, 0.05) is 6.04 Å². The third-order valence-corrected chi connectivity index (χ3v) is 1.74. The van der Waals surface area contributed by atoms with Gasteiger partial charge in [0.2, 0.25) is 0 Å². The van der Waals surface area contributed by atoms with E-state index in [1.807, 2.05) is 6.92 Å². The Kier molecular flexibility index (Phi) is 10.3. The summed E-state index contributed by atoms with van der Waals surface area (Å²) < 4.78 is 33.6. The van der Waals surface area contributed by atoms with Crippen LogP contribution in [0.15, 0.2) is 0 Å². The van der Waals surface area contributed by atoms with Gasteiger partial charge in [0.05, 0.1) is 0 Å². The Labute approximate surface area is 70.3 Å². The summed E-state index contributed by atoms with van der Waals surface area (Å²) >= 11 is 0. The Morgan fingerprint density at radius 3 is 1.55 bits per heavy atom. The Bertz CT molecular complexity index is 126. The lowest BCUT2D eigenvalue weighted by Gasteiger charge is -1.91. The molecule has 70 valence electrons. The lowest BCUT2D eigenvalue weighted by molar-refractivity contribution is 0.548. The zero-order valence-electron chi connectivity index (χ0n) is 6.39. The van der Waals surface area contributed by atoms with Crippen molar-refractivity contribution in [3.05, 3.63) is 0 Å². The topological polar surface area (TPSA) is 101 Å². The summed E-state index contributed by atoms with van der Waals surface area (Å²) in [5.74, 6) is 0. The average Bonchev–Trinajstić information content (AvgIpc) is 1.89. The second-order valence-electron chi connectivity index (χ2n) is 1.82. The van der Waals surface area contributed by atoms with E-state index in [0.29, 0.717) is 6.04 Å². The molecule has 4 N–H and O–H groups in total. The van der Waals surface area contributed by atoms with Gasteiger partial charge in [-0.05, 0) is 13.3 Å². The molecule has 0 aliphatic rings. The summed E-state index contributed by atoms with van der Waals surface area (Å²) in [5.41, 5.74) is 5.29. The molecule has 0 aromatic heterocycles. The van der Waals surface area contributed by atoms with Crippen LogP contribution in [0.25, 0.3) is 0 Å². The molecule has 11 heavy (non-hydrogen) atoms. The lowest BCUT2D eigenvalue weighted by atomic mass is 10.3. The number of nitrogens with two attached hydrogens (primary N) is 1. The van der Waals surface area contributed by atoms with Crippen molar-refractivity contribution in [2.75, 3.05) is 0 Å². The molecule has 0 heterocycles. The number of hydrogen-bond acceptors (Lipinski definition) is 3. The maximum Gasteiger partial charge on any atom is 0.274 e. The van der Waals surface area contributed by atoms with Crippen LogP contribution in [-0.2, 0) is 20.2 Å². The largest absolute Gasteiger partial charge is 0.328 e. The number of rotatable bonds is 2. The molecule has 0 rings (SSSR count). The number of hydrogen-bond donors (Lipinski definition) is 3. The predicted molar refractivity (Wildman–Crippen MR) is 45.5 cm³/mol. The molecule has 0 amide bonds.